The molecule has 0 radical (unpaired) electrons. The Labute approximate surface area is 65.7 Å². The van der Waals surface area contributed by atoms with Crippen LogP contribution in [0.5, 0.6) is 0 Å². The van der Waals surface area contributed by atoms with Gasteiger partial charge in [-0.25, -0.2) is 0 Å². The van der Waals surface area contributed by atoms with Crippen LogP contribution < -0.4 is 0 Å². The number of methoxy groups -OCH3 is 1. The maximum absolute atomic E-state index is 9.10. The van der Waals surface area contributed by atoms with Gasteiger partial charge in [-0.15, -0.1) is 0 Å². The number of hydrogen-bond acceptors (Lipinski definition) is 4. The lowest BCUT2D eigenvalue weighted by atomic mass is 10.1. The van der Waals surface area contributed by atoms with Gasteiger partial charge in [0.25, 0.3) is 0 Å². The zero-order valence-corrected chi connectivity index (χ0v) is 6.56. The van der Waals surface area contributed by atoms with Crippen LogP contribution >= 0.6 is 0 Å². The van der Waals surface area contributed by atoms with Crippen molar-refractivity contribution in [2.24, 2.45) is 0 Å². The molecule has 0 aliphatic carbocycles. The first-order valence-corrected chi connectivity index (χ1v) is 3.73. The second-order valence-corrected chi connectivity index (χ2v) is 2.72. The second kappa shape index (κ2) is 4.01. The average Bonchev–Trinajstić information content (AvgIpc) is 2.03. The molecule has 1 aliphatic heterocycles. The van der Waals surface area contributed by atoms with E-state index in [1.807, 2.05) is 0 Å². The summed E-state index contributed by atoms with van der Waals surface area (Å²) in [5.41, 5.74) is 0. The molecule has 66 valence electrons. The van der Waals surface area contributed by atoms with E-state index in [2.05, 4.69) is 0 Å². The van der Waals surface area contributed by atoms with Crippen molar-refractivity contribution in [2.75, 3.05) is 13.7 Å². The largest absolute Gasteiger partial charge is 0.394 e. The molecule has 0 saturated carbocycles. The molecule has 1 aliphatic rings. The van der Waals surface area contributed by atoms with Gasteiger partial charge in [0.05, 0.1) is 18.8 Å². The standard InChI is InChI=1S/C7H14O4/c1-10-5-2-6(4-8)11-7(9)3-5/h5-9H,2-4H2,1H3. The Kier molecular flexibility index (Phi) is 3.26. The highest BCUT2D eigenvalue weighted by Gasteiger charge is 2.27. The van der Waals surface area contributed by atoms with Gasteiger partial charge in [-0.1, -0.05) is 0 Å². The minimum absolute atomic E-state index is 0.0101. The van der Waals surface area contributed by atoms with Crippen LogP contribution in [0.4, 0.5) is 0 Å². The Morgan fingerprint density at radius 3 is 2.82 bits per heavy atom. The summed E-state index contributed by atoms with van der Waals surface area (Å²) in [5, 5.41) is 17.8. The van der Waals surface area contributed by atoms with Crippen LogP contribution in [-0.4, -0.2) is 42.4 Å². The Balaban J connectivity index is 2.37. The van der Waals surface area contributed by atoms with Gasteiger partial charge in [-0.2, -0.15) is 0 Å². The minimum Gasteiger partial charge on any atom is -0.394 e. The quantitative estimate of drug-likeness (QED) is 0.574. The van der Waals surface area contributed by atoms with Crippen molar-refractivity contribution in [3.63, 3.8) is 0 Å². The van der Waals surface area contributed by atoms with Crippen molar-refractivity contribution in [1.29, 1.82) is 0 Å². The molecule has 0 spiro atoms. The van der Waals surface area contributed by atoms with Crippen molar-refractivity contribution >= 4 is 0 Å². The van der Waals surface area contributed by atoms with E-state index in [9.17, 15) is 0 Å². The van der Waals surface area contributed by atoms with Crippen LogP contribution in [0.2, 0.25) is 0 Å². The molecule has 1 heterocycles. The van der Waals surface area contributed by atoms with Gasteiger partial charge in [-0.3, -0.25) is 0 Å². The Morgan fingerprint density at radius 1 is 1.55 bits per heavy atom. The van der Waals surface area contributed by atoms with Crippen molar-refractivity contribution in [1.82, 2.24) is 0 Å². The van der Waals surface area contributed by atoms with E-state index in [1.165, 1.54) is 0 Å². The molecule has 1 fully saturated rings. The third kappa shape index (κ3) is 2.41. The molecule has 2 N–H and O–H groups in total. The summed E-state index contributed by atoms with van der Waals surface area (Å²) in [4.78, 5) is 0. The fourth-order valence-electron chi connectivity index (χ4n) is 1.26. The molecular weight excluding hydrogens is 148 g/mol. The number of aliphatic hydroxyl groups is 2. The minimum atomic E-state index is -0.786. The fourth-order valence-corrected chi connectivity index (χ4v) is 1.26. The first-order valence-electron chi connectivity index (χ1n) is 3.73. The van der Waals surface area contributed by atoms with E-state index in [0.717, 1.165) is 0 Å². The number of aliphatic hydroxyl groups excluding tert-OH is 2. The summed E-state index contributed by atoms with van der Waals surface area (Å²) in [6.07, 6.45) is 0.0994. The van der Waals surface area contributed by atoms with Crippen molar-refractivity contribution < 1.29 is 19.7 Å². The summed E-state index contributed by atoms with van der Waals surface area (Å²) in [6, 6.07) is 0. The van der Waals surface area contributed by atoms with Crippen LogP contribution in [0.3, 0.4) is 0 Å². The molecule has 1 saturated heterocycles. The average molecular weight is 162 g/mol. The SMILES string of the molecule is COC1CC(O)OC(CO)C1. The van der Waals surface area contributed by atoms with Crippen LogP contribution in [0.1, 0.15) is 12.8 Å². The molecular formula is C7H14O4. The van der Waals surface area contributed by atoms with Crippen molar-refractivity contribution in [3.05, 3.63) is 0 Å². The smallest absolute Gasteiger partial charge is 0.157 e. The van der Waals surface area contributed by atoms with E-state index in [1.54, 1.807) is 7.11 Å². The molecule has 1 rings (SSSR count). The van der Waals surface area contributed by atoms with Crippen molar-refractivity contribution in [3.8, 4) is 0 Å². The van der Waals surface area contributed by atoms with Gasteiger partial charge in [0.15, 0.2) is 6.29 Å². The Bertz CT molecular complexity index is 105. The van der Waals surface area contributed by atoms with E-state index in [-0.39, 0.29) is 18.8 Å². The number of hydrogen-bond donors (Lipinski definition) is 2. The van der Waals surface area contributed by atoms with E-state index >= 15 is 0 Å². The third-order valence-corrected chi connectivity index (χ3v) is 1.88. The van der Waals surface area contributed by atoms with Crippen molar-refractivity contribution in [2.45, 2.75) is 31.3 Å². The number of rotatable bonds is 2. The number of ether oxygens (including phenoxy) is 2. The lowest BCUT2D eigenvalue weighted by Gasteiger charge is -2.30. The molecule has 0 bridgehead atoms. The van der Waals surface area contributed by atoms with Crippen LogP contribution in [0.25, 0.3) is 0 Å². The van der Waals surface area contributed by atoms with E-state index in [0.29, 0.717) is 12.8 Å². The predicted octanol–water partition coefficient (Wildman–Crippen LogP) is -0.509. The Morgan fingerprint density at radius 2 is 2.27 bits per heavy atom. The Hall–Kier alpha value is -0.160. The maximum Gasteiger partial charge on any atom is 0.157 e. The normalized spacial score (nSPS) is 39.0. The van der Waals surface area contributed by atoms with E-state index in [4.69, 9.17) is 19.7 Å². The second-order valence-electron chi connectivity index (χ2n) is 2.72. The lowest BCUT2D eigenvalue weighted by Crippen LogP contribution is -2.38. The summed E-state index contributed by atoms with van der Waals surface area (Å²) >= 11 is 0. The highest BCUT2D eigenvalue weighted by atomic mass is 16.6. The van der Waals surface area contributed by atoms with Gasteiger partial charge in [-0.05, 0) is 0 Å². The van der Waals surface area contributed by atoms with Gasteiger partial charge in [0.1, 0.15) is 0 Å². The molecule has 11 heavy (non-hydrogen) atoms. The summed E-state index contributed by atoms with van der Waals surface area (Å²) in [7, 11) is 1.59. The van der Waals surface area contributed by atoms with Crippen LogP contribution in [-0.2, 0) is 9.47 Å². The van der Waals surface area contributed by atoms with Gasteiger partial charge in [0, 0.05) is 20.0 Å². The first kappa shape index (κ1) is 8.93. The van der Waals surface area contributed by atoms with Crippen LogP contribution in [0, 0.1) is 0 Å². The molecule has 3 unspecified atom stereocenters. The zero-order valence-electron chi connectivity index (χ0n) is 6.56. The highest BCUT2D eigenvalue weighted by Crippen LogP contribution is 2.19. The zero-order chi connectivity index (χ0) is 8.27. The fraction of sp³-hybridized carbons (Fsp3) is 1.00. The molecule has 0 amide bonds. The molecule has 0 aromatic heterocycles. The maximum atomic E-state index is 9.10. The molecule has 3 atom stereocenters. The topological polar surface area (TPSA) is 58.9 Å². The van der Waals surface area contributed by atoms with Gasteiger partial charge < -0.3 is 19.7 Å². The summed E-state index contributed by atoms with van der Waals surface area (Å²) in [6.45, 7) is -0.0586. The first-order chi connectivity index (χ1) is 5.26. The molecule has 0 aromatic carbocycles. The van der Waals surface area contributed by atoms with E-state index < -0.39 is 6.29 Å². The van der Waals surface area contributed by atoms with Crippen LogP contribution in [0.15, 0.2) is 0 Å². The summed E-state index contributed by atoms with van der Waals surface area (Å²) in [5.74, 6) is 0. The van der Waals surface area contributed by atoms with Gasteiger partial charge >= 0.3 is 0 Å². The predicted molar refractivity (Wildman–Crippen MR) is 38.0 cm³/mol. The highest BCUT2D eigenvalue weighted by molar-refractivity contribution is 4.72. The lowest BCUT2D eigenvalue weighted by molar-refractivity contribution is -0.201. The monoisotopic (exact) mass is 162 g/mol. The summed E-state index contributed by atoms with van der Waals surface area (Å²) < 4.78 is 10.0. The molecule has 0 aromatic rings. The molecule has 4 nitrogen and oxygen atoms in total. The third-order valence-electron chi connectivity index (χ3n) is 1.88. The molecule has 4 heteroatoms. The van der Waals surface area contributed by atoms with Gasteiger partial charge in [0.2, 0.25) is 0 Å².